The number of hydrogen-bond acceptors (Lipinski definition) is 4. The number of hydrogen-bond donors (Lipinski definition) is 1. The summed E-state index contributed by atoms with van der Waals surface area (Å²) in [5.41, 5.74) is 7.89. The van der Waals surface area contributed by atoms with E-state index < -0.39 is 0 Å². The average Bonchev–Trinajstić information content (AvgIpc) is 3.30. The molecule has 0 unspecified atom stereocenters. The highest BCUT2D eigenvalue weighted by Gasteiger charge is 2.45. The molecule has 4 nitrogen and oxygen atoms in total. The third kappa shape index (κ3) is 2.39. The number of aromatic nitrogens is 2. The van der Waals surface area contributed by atoms with E-state index in [9.17, 15) is 0 Å². The Balaban J connectivity index is 1.88. The van der Waals surface area contributed by atoms with Crippen LogP contribution in [0.1, 0.15) is 25.6 Å². The minimum Gasteiger partial charge on any atom is -0.494 e. The van der Waals surface area contributed by atoms with Gasteiger partial charge in [0.2, 0.25) is 0 Å². The van der Waals surface area contributed by atoms with Crippen molar-refractivity contribution in [2.75, 3.05) is 13.2 Å². The van der Waals surface area contributed by atoms with E-state index in [1.165, 1.54) is 0 Å². The van der Waals surface area contributed by atoms with Crippen LogP contribution in [0.15, 0.2) is 36.5 Å². The Morgan fingerprint density at radius 2 is 1.95 bits per heavy atom. The molecule has 1 aromatic heterocycles. The Morgan fingerprint density at radius 3 is 2.55 bits per heavy atom. The summed E-state index contributed by atoms with van der Waals surface area (Å²) < 4.78 is 5.45. The van der Waals surface area contributed by atoms with Crippen molar-refractivity contribution < 1.29 is 4.74 Å². The molecule has 2 N–H and O–H groups in total. The Bertz CT molecular complexity index is 591. The lowest BCUT2D eigenvalue weighted by molar-refractivity contribution is 0.340. The van der Waals surface area contributed by atoms with E-state index in [1.54, 1.807) is 0 Å². The Hall–Kier alpha value is -1.94. The van der Waals surface area contributed by atoms with Crippen LogP contribution >= 0.6 is 0 Å². The second-order valence-electron chi connectivity index (χ2n) is 5.21. The molecule has 3 rings (SSSR count). The van der Waals surface area contributed by atoms with Crippen LogP contribution < -0.4 is 10.5 Å². The maximum Gasteiger partial charge on any atom is 0.136 e. The fraction of sp³-hybridized carbons (Fsp3) is 0.375. The molecule has 0 saturated heterocycles. The molecule has 104 valence electrons. The van der Waals surface area contributed by atoms with Crippen LogP contribution in [0.25, 0.3) is 11.3 Å². The average molecular weight is 269 g/mol. The largest absolute Gasteiger partial charge is 0.494 e. The van der Waals surface area contributed by atoms with Crippen molar-refractivity contribution in [3.8, 4) is 17.0 Å². The van der Waals surface area contributed by atoms with Gasteiger partial charge in [-0.05, 0) is 50.1 Å². The van der Waals surface area contributed by atoms with E-state index in [4.69, 9.17) is 15.5 Å². The first-order valence-electron chi connectivity index (χ1n) is 7.04. The summed E-state index contributed by atoms with van der Waals surface area (Å²) in [6.45, 7) is 3.28. The number of nitrogens with zero attached hydrogens (tertiary/aromatic N) is 2. The third-order valence-corrected chi connectivity index (χ3v) is 3.84. The molecule has 1 aliphatic carbocycles. The van der Waals surface area contributed by atoms with Gasteiger partial charge in [-0.1, -0.05) is 0 Å². The molecule has 0 radical (unpaired) electrons. The molecular formula is C16H19N3O. The maximum atomic E-state index is 5.85. The zero-order valence-corrected chi connectivity index (χ0v) is 11.7. The number of benzene rings is 1. The van der Waals surface area contributed by atoms with E-state index >= 15 is 0 Å². The van der Waals surface area contributed by atoms with Gasteiger partial charge in [0.1, 0.15) is 11.6 Å². The zero-order valence-electron chi connectivity index (χ0n) is 11.7. The third-order valence-electron chi connectivity index (χ3n) is 3.84. The number of rotatable bonds is 5. The SMILES string of the molecule is CCOc1ccc(-c2ccnc(C3(CN)CC3)n2)cc1. The molecule has 0 atom stereocenters. The molecule has 1 fully saturated rings. The molecule has 4 heteroatoms. The summed E-state index contributed by atoms with van der Waals surface area (Å²) in [6, 6.07) is 9.93. The fourth-order valence-corrected chi connectivity index (χ4v) is 2.33. The summed E-state index contributed by atoms with van der Waals surface area (Å²) in [4.78, 5) is 9.09. The van der Waals surface area contributed by atoms with Gasteiger partial charge in [-0.25, -0.2) is 9.97 Å². The van der Waals surface area contributed by atoms with Crippen molar-refractivity contribution >= 4 is 0 Å². The Kier molecular flexibility index (Phi) is 3.40. The monoisotopic (exact) mass is 269 g/mol. The lowest BCUT2D eigenvalue weighted by Gasteiger charge is -2.11. The minimum absolute atomic E-state index is 0.0290. The van der Waals surface area contributed by atoms with Crippen molar-refractivity contribution in [3.63, 3.8) is 0 Å². The first-order valence-corrected chi connectivity index (χ1v) is 7.04. The quantitative estimate of drug-likeness (QED) is 0.906. The molecule has 1 aliphatic rings. The standard InChI is InChI=1S/C16H19N3O/c1-2-20-13-5-3-12(4-6-13)14-7-10-18-15(19-14)16(11-17)8-9-16/h3-7,10H,2,8-9,11,17H2,1H3. The van der Waals surface area contributed by atoms with Crippen LogP contribution in [0.3, 0.4) is 0 Å². The van der Waals surface area contributed by atoms with Crippen molar-refractivity contribution in [3.05, 3.63) is 42.4 Å². The smallest absolute Gasteiger partial charge is 0.136 e. The molecule has 1 aromatic carbocycles. The van der Waals surface area contributed by atoms with Crippen LogP contribution in [0, 0.1) is 0 Å². The van der Waals surface area contributed by atoms with E-state index in [2.05, 4.69) is 4.98 Å². The first kappa shape index (κ1) is 13.1. The number of nitrogens with two attached hydrogens (primary N) is 1. The molecule has 20 heavy (non-hydrogen) atoms. The van der Waals surface area contributed by atoms with Gasteiger partial charge in [-0.15, -0.1) is 0 Å². The molecule has 0 amide bonds. The van der Waals surface area contributed by atoms with Crippen molar-refractivity contribution in [2.45, 2.75) is 25.2 Å². The van der Waals surface area contributed by atoms with Crippen molar-refractivity contribution in [1.29, 1.82) is 0 Å². The molecular weight excluding hydrogens is 250 g/mol. The van der Waals surface area contributed by atoms with Gasteiger partial charge in [-0.2, -0.15) is 0 Å². The molecule has 0 spiro atoms. The highest BCUT2D eigenvalue weighted by Crippen LogP contribution is 2.45. The normalized spacial score (nSPS) is 15.9. The maximum absolute atomic E-state index is 5.85. The van der Waals surface area contributed by atoms with Gasteiger partial charge >= 0.3 is 0 Å². The summed E-state index contributed by atoms with van der Waals surface area (Å²) >= 11 is 0. The predicted octanol–water partition coefficient (Wildman–Crippen LogP) is 2.53. The molecule has 1 heterocycles. The van der Waals surface area contributed by atoms with E-state index in [0.717, 1.165) is 35.7 Å². The van der Waals surface area contributed by atoms with Crippen LogP contribution in [0.4, 0.5) is 0 Å². The predicted molar refractivity (Wildman–Crippen MR) is 78.6 cm³/mol. The van der Waals surface area contributed by atoms with Crippen LogP contribution in [-0.2, 0) is 5.41 Å². The van der Waals surface area contributed by atoms with Gasteiger partial charge in [0.25, 0.3) is 0 Å². The van der Waals surface area contributed by atoms with Gasteiger partial charge in [0, 0.05) is 23.7 Å². The molecule has 2 aromatic rings. The van der Waals surface area contributed by atoms with Crippen LogP contribution in [0.5, 0.6) is 5.75 Å². The summed E-state index contributed by atoms with van der Waals surface area (Å²) in [7, 11) is 0. The molecule has 0 aliphatic heterocycles. The topological polar surface area (TPSA) is 61.0 Å². The first-order chi connectivity index (χ1) is 9.77. The molecule has 1 saturated carbocycles. The lowest BCUT2D eigenvalue weighted by atomic mass is 10.1. The summed E-state index contributed by atoms with van der Waals surface area (Å²) in [5.74, 6) is 1.76. The molecule has 0 bridgehead atoms. The van der Waals surface area contributed by atoms with Crippen molar-refractivity contribution in [2.24, 2.45) is 5.73 Å². The zero-order chi connectivity index (χ0) is 14.0. The minimum atomic E-state index is 0.0290. The summed E-state index contributed by atoms with van der Waals surface area (Å²) in [5, 5.41) is 0. The van der Waals surface area contributed by atoms with Gasteiger partial charge in [0.05, 0.1) is 12.3 Å². The number of ether oxygens (including phenoxy) is 1. The lowest BCUT2D eigenvalue weighted by Crippen LogP contribution is -2.22. The van der Waals surface area contributed by atoms with E-state index in [-0.39, 0.29) is 5.41 Å². The van der Waals surface area contributed by atoms with Gasteiger partial charge in [-0.3, -0.25) is 0 Å². The summed E-state index contributed by atoms with van der Waals surface area (Å²) in [6.07, 6.45) is 4.01. The second kappa shape index (κ2) is 5.21. The Morgan fingerprint density at radius 1 is 1.20 bits per heavy atom. The highest BCUT2D eigenvalue weighted by atomic mass is 16.5. The van der Waals surface area contributed by atoms with Crippen molar-refractivity contribution in [1.82, 2.24) is 9.97 Å². The highest BCUT2D eigenvalue weighted by molar-refractivity contribution is 5.59. The second-order valence-corrected chi connectivity index (χ2v) is 5.21. The van der Waals surface area contributed by atoms with E-state index in [0.29, 0.717) is 13.2 Å². The van der Waals surface area contributed by atoms with Crippen LogP contribution in [-0.4, -0.2) is 23.1 Å². The van der Waals surface area contributed by atoms with Gasteiger partial charge < -0.3 is 10.5 Å². The van der Waals surface area contributed by atoms with E-state index in [1.807, 2.05) is 43.5 Å². The van der Waals surface area contributed by atoms with Gasteiger partial charge in [0.15, 0.2) is 0 Å². The van der Waals surface area contributed by atoms with Crippen LogP contribution in [0.2, 0.25) is 0 Å². The Labute approximate surface area is 119 Å². The fourth-order valence-electron chi connectivity index (χ4n) is 2.33.